The Kier molecular flexibility index (Phi) is 6.02. The first kappa shape index (κ1) is 19.7. The highest BCUT2D eigenvalue weighted by atomic mass is 35.5. The maximum atomic E-state index is 12.9. The molecule has 1 amide bonds. The molecule has 2 N–H and O–H groups in total. The first-order valence-corrected chi connectivity index (χ1v) is 10.3. The number of amides is 1. The Balaban J connectivity index is 1.28. The number of ether oxygens (including phenoxy) is 2. The molecule has 7 heteroatoms. The summed E-state index contributed by atoms with van der Waals surface area (Å²) in [6, 6.07) is 12.5. The quantitative estimate of drug-likeness (QED) is 0.735. The second-order valence-corrected chi connectivity index (χ2v) is 7.92. The number of ketones is 1. The Labute approximate surface area is 174 Å². The Morgan fingerprint density at radius 1 is 1.00 bits per heavy atom. The number of fused-ring (bicyclic) bond motifs is 1. The molecule has 2 heterocycles. The molecule has 0 radical (unpaired) electrons. The molecule has 0 aromatic heterocycles. The van der Waals surface area contributed by atoms with Crippen molar-refractivity contribution in [3.05, 3.63) is 53.1 Å². The first-order valence-electron chi connectivity index (χ1n) is 9.91. The van der Waals surface area contributed by atoms with Gasteiger partial charge in [0.25, 0.3) is 5.91 Å². The van der Waals surface area contributed by atoms with E-state index in [1.54, 1.807) is 30.3 Å². The monoisotopic (exact) mass is 415 g/mol. The molecular weight excluding hydrogens is 392 g/mol. The van der Waals surface area contributed by atoms with Crippen LogP contribution in [0.1, 0.15) is 23.2 Å². The molecule has 29 heavy (non-hydrogen) atoms. The summed E-state index contributed by atoms with van der Waals surface area (Å²) in [6.45, 7) is 3.04. The predicted molar refractivity (Wildman–Crippen MR) is 110 cm³/mol. The minimum absolute atomic E-state index is 0.0133. The van der Waals surface area contributed by atoms with E-state index in [1.807, 2.05) is 12.1 Å². The smallest absolute Gasteiger partial charge is 0.279 e. The Morgan fingerprint density at radius 2 is 1.69 bits per heavy atom. The van der Waals surface area contributed by atoms with Gasteiger partial charge in [0, 0.05) is 35.0 Å². The molecule has 0 atom stereocenters. The van der Waals surface area contributed by atoms with Crippen LogP contribution in [-0.4, -0.2) is 44.5 Å². The van der Waals surface area contributed by atoms with Crippen LogP contribution in [0.5, 0.6) is 11.5 Å². The maximum Gasteiger partial charge on any atom is 0.279 e. The molecule has 0 bridgehead atoms. The highest BCUT2D eigenvalue weighted by Crippen LogP contribution is 2.32. The highest BCUT2D eigenvalue weighted by Gasteiger charge is 2.29. The van der Waals surface area contributed by atoms with Gasteiger partial charge in [-0.3, -0.25) is 9.59 Å². The van der Waals surface area contributed by atoms with Crippen LogP contribution in [0.2, 0.25) is 5.02 Å². The molecule has 0 saturated carbocycles. The molecular formula is C22H24ClN2O4+. The average molecular weight is 416 g/mol. The number of hydrogen-bond acceptors (Lipinski definition) is 4. The van der Waals surface area contributed by atoms with Crippen molar-refractivity contribution in [2.24, 2.45) is 5.92 Å². The van der Waals surface area contributed by atoms with E-state index in [-0.39, 0.29) is 17.6 Å². The van der Waals surface area contributed by atoms with Crippen molar-refractivity contribution in [1.29, 1.82) is 0 Å². The summed E-state index contributed by atoms with van der Waals surface area (Å²) in [5, 5.41) is 3.53. The number of quaternary nitrogens is 1. The van der Waals surface area contributed by atoms with E-state index in [1.165, 1.54) is 4.90 Å². The van der Waals surface area contributed by atoms with Crippen molar-refractivity contribution in [1.82, 2.24) is 0 Å². The average Bonchev–Trinajstić information content (AvgIpc) is 2.75. The second kappa shape index (κ2) is 8.84. The van der Waals surface area contributed by atoms with Gasteiger partial charge in [0.1, 0.15) is 13.2 Å². The van der Waals surface area contributed by atoms with Gasteiger partial charge in [-0.05, 0) is 42.5 Å². The van der Waals surface area contributed by atoms with Gasteiger partial charge in [-0.15, -0.1) is 0 Å². The zero-order valence-electron chi connectivity index (χ0n) is 16.1. The fraction of sp³-hybridized carbons (Fsp3) is 0.364. The molecule has 2 aromatic carbocycles. The zero-order valence-corrected chi connectivity index (χ0v) is 16.8. The van der Waals surface area contributed by atoms with Crippen LogP contribution < -0.4 is 19.7 Å². The third-order valence-corrected chi connectivity index (χ3v) is 5.68. The molecule has 0 aliphatic carbocycles. The predicted octanol–water partition coefficient (Wildman–Crippen LogP) is 2.23. The van der Waals surface area contributed by atoms with E-state index < -0.39 is 0 Å². The van der Waals surface area contributed by atoms with Crippen LogP contribution in [0.25, 0.3) is 0 Å². The van der Waals surface area contributed by atoms with Crippen molar-refractivity contribution < 1.29 is 24.0 Å². The molecule has 2 aromatic rings. The van der Waals surface area contributed by atoms with E-state index in [4.69, 9.17) is 21.1 Å². The van der Waals surface area contributed by atoms with Crippen molar-refractivity contribution in [3.63, 3.8) is 0 Å². The summed E-state index contributed by atoms with van der Waals surface area (Å²) in [7, 11) is 0. The molecule has 6 nitrogen and oxygen atoms in total. The lowest BCUT2D eigenvalue weighted by Gasteiger charge is -2.28. The van der Waals surface area contributed by atoms with Gasteiger partial charge in [-0.1, -0.05) is 11.6 Å². The number of hydrogen-bond donors (Lipinski definition) is 2. The van der Waals surface area contributed by atoms with Crippen LogP contribution >= 0.6 is 11.6 Å². The van der Waals surface area contributed by atoms with Crippen molar-refractivity contribution in [2.45, 2.75) is 12.8 Å². The zero-order chi connectivity index (χ0) is 20.2. The summed E-state index contributed by atoms with van der Waals surface area (Å²) in [6.07, 6.45) is 1.55. The standard InChI is InChI=1S/C22H23ClN2O4/c23-17-2-4-18(5-3-17)24-21(26)14-25-9-7-15(8-10-25)22(27)16-1-6-19-20(13-16)29-12-11-28-19/h1-6,13,15H,7-12,14H2,(H,24,26)/p+1. The van der Waals surface area contributed by atoms with Crippen LogP contribution in [0.4, 0.5) is 5.69 Å². The van der Waals surface area contributed by atoms with Gasteiger partial charge in [0.2, 0.25) is 0 Å². The number of benzene rings is 2. The van der Waals surface area contributed by atoms with Crippen LogP contribution in [-0.2, 0) is 4.79 Å². The number of Topliss-reactive ketones (excluding diaryl/α,β-unsaturated/α-hetero) is 1. The molecule has 2 aliphatic rings. The molecule has 0 spiro atoms. The lowest BCUT2D eigenvalue weighted by Crippen LogP contribution is -3.14. The van der Waals surface area contributed by atoms with Crippen LogP contribution in [0.15, 0.2) is 42.5 Å². The van der Waals surface area contributed by atoms with Crippen LogP contribution in [0, 0.1) is 5.92 Å². The summed E-state index contributed by atoms with van der Waals surface area (Å²) >= 11 is 5.86. The number of carbonyl (C=O) groups is 2. The lowest BCUT2D eigenvalue weighted by atomic mass is 9.88. The van der Waals surface area contributed by atoms with E-state index >= 15 is 0 Å². The largest absolute Gasteiger partial charge is 0.486 e. The summed E-state index contributed by atoms with van der Waals surface area (Å²) in [5.41, 5.74) is 1.41. The fourth-order valence-corrected chi connectivity index (χ4v) is 3.99. The fourth-order valence-electron chi connectivity index (χ4n) is 3.86. The molecule has 4 rings (SSSR count). The number of carbonyl (C=O) groups excluding carboxylic acids is 2. The van der Waals surface area contributed by atoms with Gasteiger partial charge in [-0.25, -0.2) is 0 Å². The Bertz CT molecular complexity index is 892. The summed E-state index contributed by atoms with van der Waals surface area (Å²) in [4.78, 5) is 26.4. The minimum atomic E-state index is -0.0288. The molecule has 1 saturated heterocycles. The minimum Gasteiger partial charge on any atom is -0.486 e. The number of nitrogens with one attached hydrogen (secondary N) is 2. The highest BCUT2D eigenvalue weighted by molar-refractivity contribution is 6.30. The van der Waals surface area contributed by atoms with Gasteiger partial charge >= 0.3 is 0 Å². The Hall–Kier alpha value is -2.57. The molecule has 0 unspecified atom stereocenters. The van der Waals surface area contributed by atoms with E-state index in [2.05, 4.69) is 5.32 Å². The topological polar surface area (TPSA) is 69.1 Å². The van der Waals surface area contributed by atoms with Crippen molar-refractivity contribution >= 4 is 29.0 Å². The maximum absolute atomic E-state index is 12.9. The normalized spacial score (nSPS) is 20.7. The Morgan fingerprint density at radius 3 is 2.41 bits per heavy atom. The molecule has 152 valence electrons. The molecule has 2 aliphatic heterocycles. The number of rotatable bonds is 5. The van der Waals surface area contributed by atoms with Gasteiger partial charge < -0.3 is 19.7 Å². The van der Waals surface area contributed by atoms with Crippen molar-refractivity contribution in [2.75, 3.05) is 38.2 Å². The van der Waals surface area contributed by atoms with Gasteiger partial charge in [-0.2, -0.15) is 0 Å². The third kappa shape index (κ3) is 4.89. The number of piperidine rings is 1. The lowest BCUT2D eigenvalue weighted by molar-refractivity contribution is -0.897. The second-order valence-electron chi connectivity index (χ2n) is 7.48. The number of likely N-dealkylation sites (tertiary alicyclic amines) is 1. The van der Waals surface area contributed by atoms with E-state index in [0.717, 1.165) is 31.6 Å². The third-order valence-electron chi connectivity index (χ3n) is 5.43. The number of halogens is 1. The van der Waals surface area contributed by atoms with Gasteiger partial charge in [0.15, 0.2) is 23.8 Å². The SMILES string of the molecule is O=C(C[NH+]1CCC(C(=O)c2ccc3c(c2)OCCO3)CC1)Nc1ccc(Cl)cc1. The van der Waals surface area contributed by atoms with Gasteiger partial charge in [0.05, 0.1) is 13.1 Å². The first-order chi connectivity index (χ1) is 14.1. The van der Waals surface area contributed by atoms with E-state index in [0.29, 0.717) is 41.8 Å². The number of anilines is 1. The summed E-state index contributed by atoms with van der Waals surface area (Å²) < 4.78 is 11.1. The summed E-state index contributed by atoms with van der Waals surface area (Å²) in [5.74, 6) is 1.44. The van der Waals surface area contributed by atoms with Crippen LogP contribution in [0.3, 0.4) is 0 Å². The van der Waals surface area contributed by atoms with E-state index in [9.17, 15) is 9.59 Å². The molecule has 1 fully saturated rings. The van der Waals surface area contributed by atoms with Crippen molar-refractivity contribution in [3.8, 4) is 11.5 Å².